The van der Waals surface area contributed by atoms with Crippen LogP contribution >= 0.6 is 0 Å². The maximum Gasteiger partial charge on any atom is 0.127 e. The normalized spacial score (nSPS) is 23.9. The van der Waals surface area contributed by atoms with Gasteiger partial charge in [0.15, 0.2) is 0 Å². The van der Waals surface area contributed by atoms with Crippen molar-refractivity contribution in [3.05, 3.63) is 47.1 Å². The van der Waals surface area contributed by atoms with Gasteiger partial charge >= 0.3 is 0 Å². The van der Waals surface area contributed by atoms with Gasteiger partial charge in [-0.25, -0.2) is 0 Å². The second-order valence-electron chi connectivity index (χ2n) is 8.59. The van der Waals surface area contributed by atoms with Crippen LogP contribution in [0.25, 0.3) is 0 Å². The summed E-state index contributed by atoms with van der Waals surface area (Å²) >= 11 is 0. The summed E-state index contributed by atoms with van der Waals surface area (Å²) in [5, 5.41) is 10.8. The molecule has 2 nitrogen and oxygen atoms in total. The van der Waals surface area contributed by atoms with E-state index in [0.717, 1.165) is 37.0 Å². The van der Waals surface area contributed by atoms with Crippen LogP contribution in [0.3, 0.4) is 0 Å². The van der Waals surface area contributed by atoms with Gasteiger partial charge in [-0.1, -0.05) is 43.6 Å². The number of fused-ring (bicyclic) bond motifs is 3. The molecule has 1 aliphatic carbocycles. The van der Waals surface area contributed by atoms with Crippen molar-refractivity contribution < 1.29 is 9.84 Å². The summed E-state index contributed by atoms with van der Waals surface area (Å²) in [5.74, 6) is 2.11. The smallest absolute Gasteiger partial charge is 0.127 e. The third-order valence-electron chi connectivity index (χ3n) is 6.06. The third-order valence-corrected chi connectivity index (χ3v) is 6.06. The van der Waals surface area contributed by atoms with Crippen molar-refractivity contribution >= 4 is 0 Å². The van der Waals surface area contributed by atoms with E-state index < -0.39 is 0 Å². The lowest BCUT2D eigenvalue weighted by Gasteiger charge is -2.47. The van der Waals surface area contributed by atoms with Crippen molar-refractivity contribution in [2.45, 2.75) is 84.2 Å². The minimum atomic E-state index is -0.194. The Kier molecular flexibility index (Phi) is 5.79. The van der Waals surface area contributed by atoms with Crippen LogP contribution in [0.5, 0.6) is 11.5 Å². The molecule has 2 atom stereocenters. The number of unbranched alkanes of at least 4 members (excludes halogenated alkanes) is 2. The number of hydrogen-bond acceptors (Lipinski definition) is 2. The zero-order valence-electron chi connectivity index (χ0n) is 16.8. The van der Waals surface area contributed by atoms with Crippen LogP contribution in [0.2, 0.25) is 0 Å². The molecule has 1 aromatic rings. The highest BCUT2D eigenvalue weighted by Crippen LogP contribution is 2.54. The van der Waals surface area contributed by atoms with E-state index in [9.17, 15) is 5.11 Å². The van der Waals surface area contributed by atoms with Crippen LogP contribution in [-0.4, -0.2) is 10.7 Å². The fourth-order valence-corrected chi connectivity index (χ4v) is 4.57. The Morgan fingerprint density at radius 3 is 2.77 bits per heavy atom. The van der Waals surface area contributed by atoms with Crippen molar-refractivity contribution in [2.75, 3.05) is 0 Å². The number of hydrogen-bond donors (Lipinski definition) is 1. The Bertz CT molecular complexity index is 696. The summed E-state index contributed by atoms with van der Waals surface area (Å²) in [5.41, 5.74) is 3.43. The Balaban J connectivity index is 1.80. The van der Waals surface area contributed by atoms with Crippen LogP contribution in [-0.2, 0) is 6.42 Å². The van der Waals surface area contributed by atoms with E-state index in [-0.39, 0.29) is 5.60 Å². The number of phenolic OH excluding ortho intramolecular Hbond substituents is 1. The van der Waals surface area contributed by atoms with Gasteiger partial charge < -0.3 is 9.84 Å². The lowest BCUT2D eigenvalue weighted by Crippen LogP contribution is -2.45. The highest BCUT2D eigenvalue weighted by molar-refractivity contribution is 5.52. The summed E-state index contributed by atoms with van der Waals surface area (Å²) < 4.78 is 6.40. The first-order valence-electron chi connectivity index (χ1n) is 10.3. The predicted octanol–water partition coefficient (Wildman–Crippen LogP) is 6.68. The average Bonchev–Trinajstić information content (AvgIpc) is 2.56. The largest absolute Gasteiger partial charge is 0.508 e. The van der Waals surface area contributed by atoms with Gasteiger partial charge in [0.05, 0.1) is 0 Å². The molecular weight excluding hydrogens is 320 g/mol. The number of allylic oxidation sites excluding steroid dienone is 4. The third kappa shape index (κ3) is 4.00. The topological polar surface area (TPSA) is 29.5 Å². The van der Waals surface area contributed by atoms with Crippen LogP contribution in [0.4, 0.5) is 0 Å². The zero-order valence-corrected chi connectivity index (χ0v) is 16.8. The van der Waals surface area contributed by atoms with Crippen molar-refractivity contribution in [1.82, 2.24) is 0 Å². The van der Waals surface area contributed by atoms with Crippen LogP contribution in [0.1, 0.15) is 83.3 Å². The molecule has 0 spiro atoms. The minimum Gasteiger partial charge on any atom is -0.508 e. The molecule has 0 amide bonds. The number of ether oxygens (including phenoxy) is 1. The molecule has 3 rings (SSSR count). The summed E-state index contributed by atoms with van der Waals surface area (Å²) in [7, 11) is 0. The van der Waals surface area contributed by atoms with E-state index >= 15 is 0 Å². The highest BCUT2D eigenvalue weighted by atomic mass is 16.5. The molecule has 0 aromatic heterocycles. The fourth-order valence-electron chi connectivity index (χ4n) is 4.57. The first-order chi connectivity index (χ1) is 12.4. The second kappa shape index (κ2) is 7.90. The molecule has 0 radical (unpaired) electrons. The molecule has 0 saturated carbocycles. The van der Waals surface area contributed by atoms with Crippen molar-refractivity contribution in [3.63, 3.8) is 0 Å². The van der Waals surface area contributed by atoms with Gasteiger partial charge in [0, 0.05) is 17.4 Å². The summed E-state index contributed by atoms with van der Waals surface area (Å²) in [6.45, 7) is 8.82. The molecule has 0 saturated heterocycles. The van der Waals surface area contributed by atoms with Gasteiger partial charge in [0.25, 0.3) is 0 Å². The van der Waals surface area contributed by atoms with Gasteiger partial charge in [0.1, 0.15) is 17.1 Å². The molecule has 0 bridgehead atoms. The molecule has 1 aromatic carbocycles. The lowest BCUT2D eigenvalue weighted by molar-refractivity contribution is 0.00753. The standard InChI is InChI=1S/C24H34O2/c1-5-6-7-8-9-10-11-18-15-21(25)23-19-14-17(2)12-13-20(19)24(3,4)26-22(23)16-18/h8-9,12,15-16,19-20,25H,5-7,10-11,13-14H2,1-4H3/b9-8+/t19-,20-/m1/s1. The number of aryl methyl sites for hydroxylation is 1. The van der Waals surface area contributed by atoms with Crippen molar-refractivity contribution in [3.8, 4) is 11.5 Å². The van der Waals surface area contributed by atoms with Crippen molar-refractivity contribution in [2.24, 2.45) is 5.92 Å². The number of phenols is 1. The van der Waals surface area contributed by atoms with Crippen LogP contribution in [0, 0.1) is 5.92 Å². The Morgan fingerprint density at radius 2 is 2.00 bits per heavy atom. The number of benzene rings is 1. The molecule has 142 valence electrons. The quantitative estimate of drug-likeness (QED) is 0.456. The molecule has 2 aliphatic rings. The summed E-state index contributed by atoms with van der Waals surface area (Å²) in [6, 6.07) is 4.13. The van der Waals surface area contributed by atoms with Gasteiger partial charge in [-0.2, -0.15) is 0 Å². The lowest BCUT2D eigenvalue weighted by atomic mass is 9.67. The first-order valence-corrected chi connectivity index (χ1v) is 10.3. The Labute approximate surface area is 159 Å². The molecule has 1 N–H and O–H groups in total. The molecule has 1 heterocycles. The van der Waals surface area contributed by atoms with Gasteiger partial charge in [-0.3, -0.25) is 0 Å². The number of aromatic hydroxyl groups is 1. The monoisotopic (exact) mass is 354 g/mol. The van der Waals surface area contributed by atoms with Gasteiger partial charge in [0.2, 0.25) is 0 Å². The van der Waals surface area contributed by atoms with E-state index in [1.165, 1.54) is 30.4 Å². The van der Waals surface area contributed by atoms with Gasteiger partial charge in [-0.05, 0) is 70.6 Å². The predicted molar refractivity (Wildman–Crippen MR) is 109 cm³/mol. The summed E-state index contributed by atoms with van der Waals surface area (Å²) in [4.78, 5) is 0. The maximum atomic E-state index is 10.8. The minimum absolute atomic E-state index is 0.194. The molecule has 0 fully saturated rings. The summed E-state index contributed by atoms with van der Waals surface area (Å²) in [6.07, 6.45) is 14.6. The van der Waals surface area contributed by atoms with E-state index in [1.54, 1.807) is 0 Å². The maximum absolute atomic E-state index is 10.8. The second-order valence-corrected chi connectivity index (χ2v) is 8.59. The molecule has 1 aliphatic heterocycles. The van der Waals surface area contributed by atoms with E-state index in [2.05, 4.69) is 52.0 Å². The van der Waals surface area contributed by atoms with Gasteiger partial charge in [-0.15, -0.1) is 0 Å². The van der Waals surface area contributed by atoms with Crippen LogP contribution in [0.15, 0.2) is 35.9 Å². The Morgan fingerprint density at radius 1 is 1.23 bits per heavy atom. The molecule has 26 heavy (non-hydrogen) atoms. The van der Waals surface area contributed by atoms with Crippen molar-refractivity contribution in [1.29, 1.82) is 0 Å². The van der Waals surface area contributed by atoms with E-state index in [4.69, 9.17) is 4.74 Å². The average molecular weight is 355 g/mol. The van der Waals surface area contributed by atoms with Crippen LogP contribution < -0.4 is 4.74 Å². The fraction of sp³-hybridized carbons (Fsp3) is 0.583. The zero-order chi connectivity index (χ0) is 18.7. The highest BCUT2D eigenvalue weighted by Gasteiger charge is 2.45. The SMILES string of the molecule is CCCC/C=C/CCc1cc(O)c2c(c1)OC(C)(C)[C@@H]1CC=C(C)C[C@@H]21. The Hall–Kier alpha value is -1.70. The molecule has 2 heteroatoms. The first kappa shape index (κ1) is 19.1. The van der Waals surface area contributed by atoms with E-state index in [1.807, 2.05) is 6.07 Å². The van der Waals surface area contributed by atoms with E-state index in [0.29, 0.717) is 17.6 Å². The molecular formula is C24H34O2. The number of rotatable bonds is 6. The molecule has 0 unspecified atom stereocenters.